The van der Waals surface area contributed by atoms with Gasteiger partial charge in [-0.2, -0.15) is 0 Å². The van der Waals surface area contributed by atoms with Gasteiger partial charge in [0.25, 0.3) is 0 Å². The molecule has 4 unspecified atom stereocenters. The third-order valence-electron chi connectivity index (χ3n) is 6.85. The Hall–Kier alpha value is -1.37. The summed E-state index contributed by atoms with van der Waals surface area (Å²) < 4.78 is 0. The molecule has 0 spiro atoms. The summed E-state index contributed by atoms with van der Waals surface area (Å²) in [7, 11) is 4.11. The average molecular weight is 402 g/mol. The molecule has 5 nitrogen and oxygen atoms in total. The maximum absolute atomic E-state index is 5.54. The number of rotatable bonds is 6. The maximum atomic E-state index is 5.54. The predicted octanol–water partition coefficient (Wildman–Crippen LogP) is 2.85. The van der Waals surface area contributed by atoms with E-state index < -0.39 is 0 Å². The van der Waals surface area contributed by atoms with Gasteiger partial charge in [0.1, 0.15) is 0 Å². The van der Waals surface area contributed by atoms with Crippen LogP contribution < -0.4 is 15.5 Å². The van der Waals surface area contributed by atoms with Crippen molar-refractivity contribution in [3.8, 4) is 0 Å². The van der Waals surface area contributed by atoms with Crippen LogP contribution in [0.25, 0.3) is 0 Å². The van der Waals surface area contributed by atoms with Gasteiger partial charge in [0.2, 0.25) is 0 Å². The SMILES string of the molecule is CN(C)c1ccc(NC(=S)NCC2CC3CCN2CC3CN2CCCC2)cc1. The highest BCUT2D eigenvalue weighted by atomic mass is 32.1. The van der Waals surface area contributed by atoms with Crippen LogP contribution in [0.3, 0.4) is 0 Å². The number of thiocarbonyl (C=S) groups is 1. The molecular formula is C22H35N5S. The van der Waals surface area contributed by atoms with Gasteiger partial charge in [0.15, 0.2) is 5.11 Å². The van der Waals surface area contributed by atoms with E-state index in [2.05, 4.69) is 63.7 Å². The zero-order chi connectivity index (χ0) is 19.5. The molecule has 0 aliphatic carbocycles. The van der Waals surface area contributed by atoms with Crippen molar-refractivity contribution in [2.45, 2.75) is 31.7 Å². The fourth-order valence-corrected chi connectivity index (χ4v) is 5.40. The number of likely N-dealkylation sites (tertiary alicyclic amines) is 1. The maximum Gasteiger partial charge on any atom is 0.170 e. The van der Waals surface area contributed by atoms with Gasteiger partial charge in [-0.05, 0) is 93.6 Å². The smallest absolute Gasteiger partial charge is 0.170 e. The summed E-state index contributed by atoms with van der Waals surface area (Å²) in [6.45, 7) is 7.46. The van der Waals surface area contributed by atoms with Crippen LogP contribution in [0.1, 0.15) is 25.7 Å². The lowest BCUT2D eigenvalue weighted by molar-refractivity contribution is -0.00792. The number of fused-ring (bicyclic) bond motifs is 3. The highest BCUT2D eigenvalue weighted by Gasteiger charge is 2.40. The Labute approximate surface area is 175 Å². The molecule has 1 aromatic rings. The van der Waals surface area contributed by atoms with Gasteiger partial charge >= 0.3 is 0 Å². The van der Waals surface area contributed by atoms with Gasteiger partial charge in [0, 0.05) is 51.1 Å². The van der Waals surface area contributed by atoms with Crippen molar-refractivity contribution in [2.75, 3.05) is 63.6 Å². The average Bonchev–Trinajstić information content (AvgIpc) is 3.20. The van der Waals surface area contributed by atoms with Crippen molar-refractivity contribution in [3.63, 3.8) is 0 Å². The summed E-state index contributed by atoms with van der Waals surface area (Å²) in [4.78, 5) is 7.51. The number of nitrogens with zero attached hydrogens (tertiary/aromatic N) is 3. The summed E-state index contributed by atoms with van der Waals surface area (Å²) in [5.74, 6) is 1.78. The first kappa shape index (κ1) is 19.9. The summed E-state index contributed by atoms with van der Waals surface area (Å²) in [5, 5.41) is 7.52. The number of hydrogen-bond donors (Lipinski definition) is 2. The predicted molar refractivity (Wildman–Crippen MR) is 122 cm³/mol. The molecule has 0 saturated carbocycles. The topological polar surface area (TPSA) is 33.8 Å². The molecule has 154 valence electrons. The Morgan fingerprint density at radius 3 is 2.54 bits per heavy atom. The Bertz CT molecular complexity index is 655. The molecule has 4 aliphatic heterocycles. The second kappa shape index (κ2) is 8.97. The minimum absolute atomic E-state index is 0.629. The molecule has 0 aromatic heterocycles. The van der Waals surface area contributed by atoms with Crippen LogP contribution in [0.15, 0.2) is 24.3 Å². The van der Waals surface area contributed by atoms with E-state index in [1.54, 1.807) is 0 Å². The van der Waals surface area contributed by atoms with Gasteiger partial charge in [0.05, 0.1) is 0 Å². The number of nitrogens with one attached hydrogen (secondary N) is 2. The zero-order valence-corrected chi connectivity index (χ0v) is 18.2. The number of anilines is 2. The van der Waals surface area contributed by atoms with Gasteiger partial charge in [-0.25, -0.2) is 0 Å². The fraction of sp³-hybridized carbons (Fsp3) is 0.682. The van der Waals surface area contributed by atoms with Gasteiger partial charge in [-0.3, -0.25) is 4.90 Å². The van der Waals surface area contributed by atoms with Gasteiger partial charge < -0.3 is 20.4 Å². The van der Waals surface area contributed by atoms with Crippen LogP contribution in [-0.4, -0.2) is 74.3 Å². The van der Waals surface area contributed by atoms with Crippen molar-refractivity contribution >= 4 is 28.7 Å². The molecule has 4 atom stereocenters. The molecule has 4 saturated heterocycles. The zero-order valence-electron chi connectivity index (χ0n) is 17.4. The summed E-state index contributed by atoms with van der Waals surface area (Å²) in [5.41, 5.74) is 2.23. The second-order valence-electron chi connectivity index (χ2n) is 8.98. The Kier molecular flexibility index (Phi) is 6.38. The largest absolute Gasteiger partial charge is 0.378 e. The lowest BCUT2D eigenvalue weighted by atomic mass is 9.75. The van der Waals surface area contributed by atoms with E-state index in [-0.39, 0.29) is 0 Å². The molecule has 28 heavy (non-hydrogen) atoms. The van der Waals surface area contributed by atoms with Crippen LogP contribution in [0.5, 0.6) is 0 Å². The molecule has 2 bridgehead atoms. The molecular weight excluding hydrogens is 366 g/mol. The molecule has 4 heterocycles. The second-order valence-corrected chi connectivity index (χ2v) is 9.39. The normalized spacial score (nSPS) is 29.6. The Balaban J connectivity index is 1.22. The van der Waals surface area contributed by atoms with Crippen LogP contribution in [-0.2, 0) is 0 Å². The number of hydrogen-bond acceptors (Lipinski definition) is 4. The quantitative estimate of drug-likeness (QED) is 0.714. The molecule has 4 aliphatic rings. The summed E-state index contributed by atoms with van der Waals surface area (Å²) in [6, 6.07) is 9.01. The third kappa shape index (κ3) is 4.78. The first-order chi connectivity index (χ1) is 13.6. The first-order valence-corrected chi connectivity index (χ1v) is 11.3. The summed E-state index contributed by atoms with van der Waals surface area (Å²) >= 11 is 5.54. The van der Waals surface area contributed by atoms with Crippen molar-refractivity contribution in [2.24, 2.45) is 11.8 Å². The van der Waals surface area contributed by atoms with E-state index in [1.165, 1.54) is 64.1 Å². The molecule has 2 N–H and O–H groups in total. The van der Waals surface area contributed by atoms with Gasteiger partial charge in [-0.15, -0.1) is 0 Å². The molecule has 1 aromatic carbocycles. The lowest BCUT2D eigenvalue weighted by Gasteiger charge is -2.50. The van der Waals surface area contributed by atoms with Crippen LogP contribution >= 0.6 is 12.2 Å². The molecule has 0 radical (unpaired) electrons. The molecule has 6 heteroatoms. The van der Waals surface area contributed by atoms with E-state index in [0.717, 1.165) is 29.2 Å². The fourth-order valence-electron chi connectivity index (χ4n) is 5.19. The molecule has 0 amide bonds. The van der Waals surface area contributed by atoms with Crippen LogP contribution in [0, 0.1) is 11.8 Å². The summed E-state index contributed by atoms with van der Waals surface area (Å²) in [6.07, 6.45) is 5.51. The number of piperidine rings is 3. The third-order valence-corrected chi connectivity index (χ3v) is 7.09. The highest BCUT2D eigenvalue weighted by molar-refractivity contribution is 7.80. The van der Waals surface area contributed by atoms with E-state index in [0.29, 0.717) is 6.04 Å². The number of benzene rings is 1. The molecule has 5 rings (SSSR count). The van der Waals surface area contributed by atoms with Crippen LogP contribution in [0.4, 0.5) is 11.4 Å². The van der Waals surface area contributed by atoms with E-state index in [9.17, 15) is 0 Å². The lowest BCUT2D eigenvalue weighted by Crippen LogP contribution is -2.58. The first-order valence-electron chi connectivity index (χ1n) is 10.9. The molecule has 4 fully saturated rings. The van der Waals surface area contributed by atoms with Crippen molar-refractivity contribution in [3.05, 3.63) is 24.3 Å². The standard InChI is InChI=1S/C22H35N5S/c1-25(2)20-7-5-19(6-8-20)24-22(28)23-14-21-13-17-9-12-27(21)16-18(17)15-26-10-3-4-11-26/h5-8,17-18,21H,3-4,9-16H2,1-2H3,(H2,23,24,28). The minimum atomic E-state index is 0.629. The monoisotopic (exact) mass is 401 g/mol. The van der Waals surface area contributed by atoms with E-state index in [4.69, 9.17) is 12.2 Å². The minimum Gasteiger partial charge on any atom is -0.378 e. The van der Waals surface area contributed by atoms with Gasteiger partial charge in [-0.1, -0.05) is 0 Å². The van der Waals surface area contributed by atoms with E-state index >= 15 is 0 Å². The van der Waals surface area contributed by atoms with E-state index in [1.807, 2.05) is 0 Å². The van der Waals surface area contributed by atoms with Crippen molar-refractivity contribution < 1.29 is 0 Å². The van der Waals surface area contributed by atoms with Crippen LogP contribution in [0.2, 0.25) is 0 Å². The Morgan fingerprint density at radius 2 is 1.89 bits per heavy atom. The highest BCUT2D eigenvalue weighted by Crippen LogP contribution is 2.36. The van der Waals surface area contributed by atoms with Crippen molar-refractivity contribution in [1.82, 2.24) is 15.1 Å². The van der Waals surface area contributed by atoms with Crippen molar-refractivity contribution in [1.29, 1.82) is 0 Å². The Morgan fingerprint density at radius 1 is 1.14 bits per heavy atom.